The van der Waals surface area contributed by atoms with E-state index in [1.807, 2.05) is 4.90 Å². The summed E-state index contributed by atoms with van der Waals surface area (Å²) in [6.07, 6.45) is -0.312. The molecule has 23 heavy (non-hydrogen) atoms. The number of rotatable bonds is 3. The van der Waals surface area contributed by atoms with E-state index in [0.717, 1.165) is 0 Å². The lowest BCUT2D eigenvalue weighted by Gasteiger charge is -2.35. The summed E-state index contributed by atoms with van der Waals surface area (Å²) < 4.78 is 4.98. The first-order valence-corrected chi connectivity index (χ1v) is 7.71. The van der Waals surface area contributed by atoms with Crippen LogP contribution in [-0.4, -0.2) is 72.1 Å². The number of hydrogen-bond acceptors (Lipinski definition) is 5. The zero-order chi connectivity index (χ0) is 16.4. The molecule has 122 valence electrons. The van der Waals surface area contributed by atoms with Crippen LogP contribution in [-0.2, 0) is 4.74 Å². The van der Waals surface area contributed by atoms with E-state index in [0.29, 0.717) is 43.9 Å². The van der Waals surface area contributed by atoms with Gasteiger partial charge in [0.05, 0.1) is 24.4 Å². The summed E-state index contributed by atoms with van der Waals surface area (Å²) >= 11 is 0. The minimum atomic E-state index is -0.312. The van der Waals surface area contributed by atoms with Crippen LogP contribution < -0.4 is 0 Å². The Hall–Kier alpha value is -2.41. The van der Waals surface area contributed by atoms with Gasteiger partial charge < -0.3 is 9.64 Å². The largest absolute Gasteiger partial charge is 0.450 e. The standard InChI is InChI=1S/C16H19N3O4/c1-2-23-16(22)18-9-7-17(8-10-18)11-19-14(20)12-5-3-4-6-13(12)15(19)21/h3-6H,2,7-11H2,1H3. The van der Waals surface area contributed by atoms with Gasteiger partial charge >= 0.3 is 6.09 Å². The fraction of sp³-hybridized carbons (Fsp3) is 0.438. The molecule has 2 aliphatic rings. The zero-order valence-corrected chi connectivity index (χ0v) is 13.0. The van der Waals surface area contributed by atoms with E-state index in [9.17, 15) is 14.4 Å². The Morgan fingerprint density at radius 1 is 1.04 bits per heavy atom. The van der Waals surface area contributed by atoms with Crippen molar-refractivity contribution in [3.63, 3.8) is 0 Å². The summed E-state index contributed by atoms with van der Waals surface area (Å²) in [6.45, 7) is 4.65. The van der Waals surface area contributed by atoms with Crippen LogP contribution in [0.1, 0.15) is 27.6 Å². The second-order valence-electron chi connectivity index (χ2n) is 5.53. The molecule has 2 heterocycles. The van der Waals surface area contributed by atoms with E-state index in [1.54, 1.807) is 36.1 Å². The van der Waals surface area contributed by atoms with Crippen molar-refractivity contribution < 1.29 is 19.1 Å². The van der Waals surface area contributed by atoms with E-state index in [1.165, 1.54) is 4.90 Å². The maximum Gasteiger partial charge on any atom is 0.409 e. The molecule has 3 amide bonds. The Morgan fingerprint density at radius 3 is 2.13 bits per heavy atom. The number of ether oxygens (including phenoxy) is 1. The summed E-state index contributed by atoms with van der Waals surface area (Å²) in [6, 6.07) is 6.86. The fourth-order valence-electron chi connectivity index (χ4n) is 2.85. The van der Waals surface area contributed by atoms with E-state index >= 15 is 0 Å². The van der Waals surface area contributed by atoms with Crippen LogP contribution in [0.25, 0.3) is 0 Å². The van der Waals surface area contributed by atoms with Crippen molar-refractivity contribution in [2.75, 3.05) is 39.5 Å². The van der Waals surface area contributed by atoms with Crippen molar-refractivity contribution in [3.8, 4) is 0 Å². The molecule has 7 nitrogen and oxygen atoms in total. The normalized spacial score (nSPS) is 18.3. The molecule has 0 bridgehead atoms. The molecule has 1 aromatic rings. The molecule has 0 aromatic heterocycles. The Bertz CT molecular complexity index is 603. The lowest BCUT2D eigenvalue weighted by molar-refractivity contribution is 0.0417. The Labute approximate surface area is 134 Å². The highest BCUT2D eigenvalue weighted by Gasteiger charge is 2.36. The maximum absolute atomic E-state index is 12.3. The molecule has 0 saturated carbocycles. The summed E-state index contributed by atoms with van der Waals surface area (Å²) in [5.74, 6) is -0.503. The molecule has 0 unspecified atom stereocenters. The highest BCUT2D eigenvalue weighted by atomic mass is 16.6. The van der Waals surface area contributed by atoms with Crippen molar-refractivity contribution in [1.82, 2.24) is 14.7 Å². The van der Waals surface area contributed by atoms with E-state index in [-0.39, 0.29) is 24.6 Å². The number of benzene rings is 1. The molecular weight excluding hydrogens is 298 g/mol. The first-order valence-electron chi connectivity index (χ1n) is 7.71. The Kier molecular flexibility index (Phi) is 4.29. The van der Waals surface area contributed by atoms with Crippen LogP contribution in [0.2, 0.25) is 0 Å². The highest BCUT2D eigenvalue weighted by molar-refractivity contribution is 6.21. The summed E-state index contributed by atoms with van der Waals surface area (Å²) in [5, 5.41) is 0. The topological polar surface area (TPSA) is 70.2 Å². The van der Waals surface area contributed by atoms with Crippen LogP contribution in [0.3, 0.4) is 0 Å². The first kappa shape index (κ1) is 15.5. The monoisotopic (exact) mass is 317 g/mol. The van der Waals surface area contributed by atoms with Gasteiger partial charge in [-0.1, -0.05) is 12.1 Å². The predicted octanol–water partition coefficient (Wildman–Crippen LogP) is 1.01. The van der Waals surface area contributed by atoms with Gasteiger partial charge in [-0.25, -0.2) is 4.79 Å². The smallest absolute Gasteiger partial charge is 0.409 e. The zero-order valence-electron chi connectivity index (χ0n) is 13.0. The molecule has 1 aromatic carbocycles. The van der Waals surface area contributed by atoms with Gasteiger partial charge in [0, 0.05) is 26.2 Å². The molecule has 0 N–H and O–H groups in total. The van der Waals surface area contributed by atoms with Gasteiger partial charge in [-0.2, -0.15) is 0 Å². The van der Waals surface area contributed by atoms with Gasteiger partial charge in [0.25, 0.3) is 11.8 Å². The Morgan fingerprint density at radius 2 is 1.61 bits per heavy atom. The quantitative estimate of drug-likeness (QED) is 0.778. The van der Waals surface area contributed by atoms with Gasteiger partial charge in [0.2, 0.25) is 0 Å². The van der Waals surface area contributed by atoms with Gasteiger partial charge in [0.1, 0.15) is 0 Å². The van der Waals surface area contributed by atoms with Crippen LogP contribution >= 0.6 is 0 Å². The molecule has 7 heteroatoms. The lowest BCUT2D eigenvalue weighted by atomic mass is 10.1. The van der Waals surface area contributed by atoms with Crippen molar-refractivity contribution in [2.45, 2.75) is 6.92 Å². The SMILES string of the molecule is CCOC(=O)N1CCN(CN2C(=O)c3ccccc3C2=O)CC1. The van der Waals surface area contributed by atoms with E-state index < -0.39 is 0 Å². The predicted molar refractivity (Wildman–Crippen MR) is 82.0 cm³/mol. The number of carbonyl (C=O) groups is 3. The van der Waals surface area contributed by atoms with Crippen LogP contribution in [0, 0.1) is 0 Å². The fourth-order valence-corrected chi connectivity index (χ4v) is 2.85. The summed E-state index contributed by atoms with van der Waals surface area (Å²) in [4.78, 5) is 41.2. The highest BCUT2D eigenvalue weighted by Crippen LogP contribution is 2.22. The van der Waals surface area contributed by atoms with Crippen LogP contribution in [0.4, 0.5) is 4.79 Å². The molecule has 0 spiro atoms. The van der Waals surface area contributed by atoms with Gasteiger partial charge in [-0.15, -0.1) is 0 Å². The number of fused-ring (bicyclic) bond motifs is 1. The second-order valence-corrected chi connectivity index (χ2v) is 5.53. The average molecular weight is 317 g/mol. The molecule has 3 rings (SSSR count). The number of nitrogens with zero attached hydrogens (tertiary/aromatic N) is 3. The second kappa shape index (κ2) is 6.37. The van der Waals surface area contributed by atoms with Crippen LogP contribution in [0.5, 0.6) is 0 Å². The third-order valence-corrected chi connectivity index (χ3v) is 4.12. The third kappa shape index (κ3) is 2.92. The molecule has 0 aliphatic carbocycles. The average Bonchev–Trinajstić information content (AvgIpc) is 2.81. The Balaban J connectivity index is 1.59. The van der Waals surface area contributed by atoms with Crippen molar-refractivity contribution >= 4 is 17.9 Å². The third-order valence-electron chi connectivity index (χ3n) is 4.12. The molecule has 0 radical (unpaired) electrons. The summed E-state index contributed by atoms with van der Waals surface area (Å²) in [5.41, 5.74) is 0.922. The van der Waals surface area contributed by atoms with Crippen molar-refractivity contribution in [2.24, 2.45) is 0 Å². The number of amides is 3. The minimum absolute atomic E-state index is 0.251. The molecule has 2 aliphatic heterocycles. The molecule has 1 fully saturated rings. The van der Waals surface area contributed by atoms with Gasteiger partial charge in [0.15, 0.2) is 0 Å². The first-order chi connectivity index (χ1) is 11.1. The number of piperazine rings is 1. The molecule has 1 saturated heterocycles. The van der Waals surface area contributed by atoms with Crippen LogP contribution in [0.15, 0.2) is 24.3 Å². The number of imide groups is 1. The molecule has 0 atom stereocenters. The van der Waals surface area contributed by atoms with Crippen molar-refractivity contribution in [3.05, 3.63) is 35.4 Å². The maximum atomic E-state index is 12.3. The lowest BCUT2D eigenvalue weighted by Crippen LogP contribution is -2.52. The van der Waals surface area contributed by atoms with Gasteiger partial charge in [-0.3, -0.25) is 19.4 Å². The van der Waals surface area contributed by atoms with Gasteiger partial charge in [-0.05, 0) is 19.1 Å². The minimum Gasteiger partial charge on any atom is -0.450 e. The number of hydrogen-bond donors (Lipinski definition) is 0. The number of carbonyl (C=O) groups excluding carboxylic acids is 3. The summed E-state index contributed by atoms with van der Waals surface area (Å²) in [7, 11) is 0. The van der Waals surface area contributed by atoms with E-state index in [2.05, 4.69) is 0 Å². The van der Waals surface area contributed by atoms with E-state index in [4.69, 9.17) is 4.74 Å². The molecular formula is C16H19N3O4. The van der Waals surface area contributed by atoms with Crippen molar-refractivity contribution in [1.29, 1.82) is 0 Å².